The Morgan fingerprint density at radius 2 is 2.17 bits per heavy atom. The number of carbonyl (C=O) groups excluding carboxylic acids is 1. The topological polar surface area (TPSA) is 50.8 Å². The van der Waals surface area contributed by atoms with E-state index in [1.54, 1.807) is 6.07 Å². The van der Waals surface area contributed by atoms with Crippen LogP contribution in [0.15, 0.2) is 24.3 Å². The van der Waals surface area contributed by atoms with Crippen LogP contribution in [0.5, 0.6) is 0 Å². The summed E-state index contributed by atoms with van der Waals surface area (Å²) in [5.74, 6) is -0.404. The van der Waals surface area contributed by atoms with E-state index in [0.717, 1.165) is 25.9 Å². The van der Waals surface area contributed by atoms with E-state index < -0.39 is 6.04 Å². The van der Waals surface area contributed by atoms with Crippen LogP contribution in [0, 0.1) is 5.82 Å². The van der Waals surface area contributed by atoms with E-state index in [0.29, 0.717) is 38.4 Å². The number of nitrogens with one attached hydrogen (secondary N) is 1. The number of benzene rings is 1. The number of rotatable bonds is 6. The molecular weight excluding hydrogens is 311 g/mol. The van der Waals surface area contributed by atoms with Crippen molar-refractivity contribution in [1.82, 2.24) is 10.2 Å². The lowest BCUT2D eigenvalue weighted by molar-refractivity contribution is -0.128. The Kier molecular flexibility index (Phi) is 6.18. The summed E-state index contributed by atoms with van der Waals surface area (Å²) in [6, 6.07) is 5.82. The monoisotopic (exact) mass is 336 g/mol. The number of amides is 1. The molecular formula is C18H25FN2O3. The zero-order chi connectivity index (χ0) is 16.8. The second-order valence-corrected chi connectivity index (χ2v) is 6.32. The molecule has 0 aliphatic carbocycles. The molecule has 0 spiro atoms. The van der Waals surface area contributed by atoms with Gasteiger partial charge >= 0.3 is 0 Å². The minimum atomic E-state index is -0.478. The third-order valence-corrected chi connectivity index (χ3v) is 4.61. The van der Waals surface area contributed by atoms with Crippen molar-refractivity contribution in [2.45, 2.75) is 31.4 Å². The molecule has 2 unspecified atom stereocenters. The molecule has 2 atom stereocenters. The predicted molar refractivity (Wildman–Crippen MR) is 88.1 cm³/mol. The number of carbonyl (C=O) groups is 1. The minimum Gasteiger partial charge on any atom is -0.379 e. The third kappa shape index (κ3) is 4.53. The highest BCUT2D eigenvalue weighted by atomic mass is 19.1. The van der Waals surface area contributed by atoms with Crippen LogP contribution in [0.2, 0.25) is 0 Å². The molecule has 2 heterocycles. The van der Waals surface area contributed by atoms with Crippen molar-refractivity contribution >= 4 is 5.91 Å². The normalized spacial score (nSPS) is 23.1. The van der Waals surface area contributed by atoms with Gasteiger partial charge in [0.25, 0.3) is 0 Å². The van der Waals surface area contributed by atoms with Crippen LogP contribution in [0.3, 0.4) is 0 Å². The first-order valence-electron chi connectivity index (χ1n) is 8.70. The van der Waals surface area contributed by atoms with Crippen molar-refractivity contribution in [2.75, 3.05) is 39.5 Å². The summed E-state index contributed by atoms with van der Waals surface area (Å²) in [4.78, 5) is 14.8. The maximum absolute atomic E-state index is 13.6. The van der Waals surface area contributed by atoms with Crippen LogP contribution in [0.4, 0.5) is 4.39 Å². The van der Waals surface area contributed by atoms with E-state index in [9.17, 15) is 9.18 Å². The molecule has 2 saturated heterocycles. The van der Waals surface area contributed by atoms with Crippen LogP contribution in [-0.4, -0.2) is 56.4 Å². The number of hydrogen-bond donors (Lipinski definition) is 1. The highest BCUT2D eigenvalue weighted by Gasteiger charge is 2.29. The first-order chi connectivity index (χ1) is 11.7. The van der Waals surface area contributed by atoms with E-state index in [-0.39, 0.29) is 17.8 Å². The second-order valence-electron chi connectivity index (χ2n) is 6.32. The summed E-state index contributed by atoms with van der Waals surface area (Å²) in [6.07, 6.45) is 3.23. The van der Waals surface area contributed by atoms with Gasteiger partial charge in [-0.3, -0.25) is 9.69 Å². The predicted octanol–water partition coefficient (Wildman–Crippen LogP) is 1.88. The summed E-state index contributed by atoms with van der Waals surface area (Å²) in [5.41, 5.74) is 0.687. The van der Waals surface area contributed by atoms with Crippen LogP contribution in [0.25, 0.3) is 0 Å². The summed E-state index contributed by atoms with van der Waals surface area (Å²) in [6.45, 7) is 3.92. The summed E-state index contributed by atoms with van der Waals surface area (Å²) in [5, 5.41) is 3.00. The molecule has 1 aromatic carbocycles. The fourth-order valence-electron chi connectivity index (χ4n) is 3.37. The molecule has 5 nitrogen and oxygen atoms in total. The standard InChI is InChI=1S/C18H25FN2O3/c19-15-4-1-3-14(13-15)17(21-8-11-23-12-9-21)18(22)20-7-6-16-5-2-10-24-16/h1,3-4,13,16-17H,2,5-12H2,(H,20,22). The smallest absolute Gasteiger partial charge is 0.241 e. The van der Waals surface area contributed by atoms with Crippen LogP contribution in [-0.2, 0) is 14.3 Å². The lowest BCUT2D eigenvalue weighted by Crippen LogP contribution is -2.46. The highest BCUT2D eigenvalue weighted by Crippen LogP contribution is 2.23. The first kappa shape index (κ1) is 17.3. The Morgan fingerprint density at radius 1 is 1.33 bits per heavy atom. The Morgan fingerprint density at radius 3 is 2.88 bits per heavy atom. The average molecular weight is 336 g/mol. The van der Waals surface area contributed by atoms with Crippen molar-refractivity contribution < 1.29 is 18.7 Å². The minimum absolute atomic E-state index is 0.0829. The summed E-state index contributed by atoms with van der Waals surface area (Å²) in [7, 11) is 0. The molecule has 0 radical (unpaired) electrons. The van der Waals surface area contributed by atoms with Gasteiger partial charge in [-0.15, -0.1) is 0 Å². The fourth-order valence-corrected chi connectivity index (χ4v) is 3.37. The van der Waals surface area contributed by atoms with Gasteiger partial charge in [-0.1, -0.05) is 12.1 Å². The molecule has 0 bridgehead atoms. The third-order valence-electron chi connectivity index (χ3n) is 4.61. The molecule has 0 saturated carbocycles. The van der Waals surface area contributed by atoms with Crippen molar-refractivity contribution in [3.8, 4) is 0 Å². The largest absolute Gasteiger partial charge is 0.379 e. The molecule has 132 valence electrons. The summed E-state index contributed by atoms with van der Waals surface area (Å²) < 4.78 is 24.6. The fraction of sp³-hybridized carbons (Fsp3) is 0.611. The highest BCUT2D eigenvalue weighted by molar-refractivity contribution is 5.83. The first-order valence-corrected chi connectivity index (χ1v) is 8.70. The maximum atomic E-state index is 13.6. The lowest BCUT2D eigenvalue weighted by atomic mass is 10.0. The van der Waals surface area contributed by atoms with Crippen LogP contribution >= 0.6 is 0 Å². The quantitative estimate of drug-likeness (QED) is 0.862. The van der Waals surface area contributed by atoms with Gasteiger partial charge in [-0.05, 0) is 37.0 Å². The SMILES string of the molecule is O=C(NCCC1CCCO1)C(c1cccc(F)c1)N1CCOCC1. The summed E-state index contributed by atoms with van der Waals surface area (Å²) >= 11 is 0. The van der Waals surface area contributed by atoms with E-state index >= 15 is 0 Å². The Bertz CT molecular complexity index is 543. The van der Waals surface area contributed by atoms with Gasteiger partial charge in [-0.2, -0.15) is 0 Å². The molecule has 6 heteroatoms. The Balaban J connectivity index is 1.64. The zero-order valence-corrected chi connectivity index (χ0v) is 13.9. The maximum Gasteiger partial charge on any atom is 0.241 e. The van der Waals surface area contributed by atoms with Gasteiger partial charge < -0.3 is 14.8 Å². The Labute approximate surface area is 142 Å². The van der Waals surface area contributed by atoms with Crippen LogP contribution in [0.1, 0.15) is 30.9 Å². The van der Waals surface area contributed by atoms with Crippen molar-refractivity contribution in [2.24, 2.45) is 0 Å². The van der Waals surface area contributed by atoms with E-state index in [1.165, 1.54) is 12.1 Å². The lowest BCUT2D eigenvalue weighted by Gasteiger charge is -2.33. The van der Waals surface area contributed by atoms with Crippen LogP contribution < -0.4 is 5.32 Å². The van der Waals surface area contributed by atoms with Gasteiger partial charge in [0.15, 0.2) is 0 Å². The molecule has 0 aromatic heterocycles. The molecule has 2 fully saturated rings. The van der Waals surface area contributed by atoms with Crippen molar-refractivity contribution in [3.63, 3.8) is 0 Å². The number of halogens is 1. The van der Waals surface area contributed by atoms with Gasteiger partial charge in [-0.25, -0.2) is 4.39 Å². The van der Waals surface area contributed by atoms with Gasteiger partial charge in [0.1, 0.15) is 11.9 Å². The number of ether oxygens (including phenoxy) is 2. The number of morpholine rings is 1. The van der Waals surface area contributed by atoms with Gasteiger partial charge in [0.2, 0.25) is 5.91 Å². The molecule has 1 aromatic rings. The van der Waals surface area contributed by atoms with E-state index in [1.807, 2.05) is 6.07 Å². The molecule has 3 rings (SSSR count). The van der Waals surface area contributed by atoms with Crippen molar-refractivity contribution in [1.29, 1.82) is 0 Å². The molecule has 2 aliphatic heterocycles. The van der Waals surface area contributed by atoms with Crippen molar-refractivity contribution in [3.05, 3.63) is 35.6 Å². The number of nitrogens with zero attached hydrogens (tertiary/aromatic N) is 1. The molecule has 24 heavy (non-hydrogen) atoms. The number of hydrogen-bond acceptors (Lipinski definition) is 4. The molecule has 1 N–H and O–H groups in total. The van der Waals surface area contributed by atoms with Gasteiger partial charge in [0.05, 0.1) is 19.3 Å². The van der Waals surface area contributed by atoms with Gasteiger partial charge in [0, 0.05) is 26.2 Å². The average Bonchev–Trinajstić information content (AvgIpc) is 3.10. The van der Waals surface area contributed by atoms with E-state index in [2.05, 4.69) is 10.2 Å². The molecule has 2 aliphatic rings. The second kappa shape index (κ2) is 8.55. The Hall–Kier alpha value is -1.50. The van der Waals surface area contributed by atoms with E-state index in [4.69, 9.17) is 9.47 Å². The zero-order valence-electron chi connectivity index (χ0n) is 13.9. The molecule has 1 amide bonds.